The molecule has 0 radical (unpaired) electrons. The predicted molar refractivity (Wildman–Crippen MR) is 96.0 cm³/mol. The summed E-state index contributed by atoms with van der Waals surface area (Å²) in [4.78, 5) is 29.6. The van der Waals surface area contributed by atoms with Gasteiger partial charge in [-0.15, -0.1) is 0 Å². The van der Waals surface area contributed by atoms with Crippen molar-refractivity contribution in [3.05, 3.63) is 35.9 Å². The third kappa shape index (κ3) is 3.65. The molecule has 0 N–H and O–H groups in total. The van der Waals surface area contributed by atoms with Crippen LogP contribution in [-0.2, 0) is 16.1 Å². The summed E-state index contributed by atoms with van der Waals surface area (Å²) in [6.07, 6.45) is 2.87. The van der Waals surface area contributed by atoms with Crippen LogP contribution in [0.15, 0.2) is 30.3 Å². The molecule has 1 aromatic carbocycles. The minimum Gasteiger partial charge on any atom is -0.444 e. The van der Waals surface area contributed by atoms with E-state index in [1.807, 2.05) is 56.0 Å². The molecule has 1 atom stereocenters. The van der Waals surface area contributed by atoms with Crippen LogP contribution in [0.25, 0.3) is 0 Å². The van der Waals surface area contributed by atoms with E-state index in [-0.39, 0.29) is 12.0 Å². The maximum absolute atomic E-state index is 13.3. The molecular weight excluding hydrogens is 316 g/mol. The molecule has 136 valence electrons. The zero-order chi connectivity index (χ0) is 18.1. The van der Waals surface area contributed by atoms with Crippen molar-refractivity contribution in [2.45, 2.75) is 64.1 Å². The number of piperidine rings is 1. The van der Waals surface area contributed by atoms with E-state index in [0.717, 1.165) is 37.8 Å². The molecule has 5 nitrogen and oxygen atoms in total. The van der Waals surface area contributed by atoms with E-state index in [2.05, 4.69) is 0 Å². The van der Waals surface area contributed by atoms with Crippen LogP contribution < -0.4 is 0 Å². The summed E-state index contributed by atoms with van der Waals surface area (Å²) in [7, 11) is 0. The van der Waals surface area contributed by atoms with Crippen LogP contribution in [0, 0.1) is 0 Å². The van der Waals surface area contributed by atoms with E-state index < -0.39 is 11.1 Å². The molecule has 0 saturated carbocycles. The Balaban J connectivity index is 1.79. The van der Waals surface area contributed by atoms with Gasteiger partial charge >= 0.3 is 6.09 Å². The van der Waals surface area contributed by atoms with Gasteiger partial charge in [-0.05, 0) is 52.0 Å². The molecule has 2 fully saturated rings. The molecule has 0 aromatic heterocycles. The molecule has 2 heterocycles. The molecule has 5 heteroatoms. The molecular formula is C20H28N2O3. The second kappa shape index (κ2) is 6.70. The second-order valence-corrected chi connectivity index (χ2v) is 8.08. The minimum absolute atomic E-state index is 0.0750. The third-order valence-corrected chi connectivity index (χ3v) is 5.02. The standard InChI is InChI=1S/C20H28N2O3/c1-19(2,3)25-18(24)22-14-8-12-20(22)11-7-13-21(17(20)23)15-16-9-5-4-6-10-16/h4-6,9-10H,7-8,11-15H2,1-3H3. The number of amides is 2. The number of benzene rings is 1. The van der Waals surface area contributed by atoms with E-state index in [0.29, 0.717) is 13.1 Å². The Kier molecular flexibility index (Phi) is 4.76. The van der Waals surface area contributed by atoms with E-state index >= 15 is 0 Å². The van der Waals surface area contributed by atoms with Gasteiger partial charge in [-0.3, -0.25) is 9.69 Å². The zero-order valence-corrected chi connectivity index (χ0v) is 15.5. The lowest BCUT2D eigenvalue weighted by Gasteiger charge is -2.44. The van der Waals surface area contributed by atoms with Gasteiger partial charge in [0.1, 0.15) is 11.1 Å². The van der Waals surface area contributed by atoms with Gasteiger partial charge in [0.2, 0.25) is 5.91 Å². The molecule has 1 spiro atoms. The van der Waals surface area contributed by atoms with E-state index in [9.17, 15) is 9.59 Å². The van der Waals surface area contributed by atoms with Gasteiger partial charge in [0.05, 0.1) is 0 Å². The molecule has 0 aliphatic carbocycles. The van der Waals surface area contributed by atoms with Gasteiger partial charge in [0.25, 0.3) is 0 Å². The number of ether oxygens (including phenoxy) is 1. The summed E-state index contributed by atoms with van der Waals surface area (Å²) in [6, 6.07) is 10.0. The maximum Gasteiger partial charge on any atom is 0.411 e. The van der Waals surface area contributed by atoms with E-state index in [1.165, 1.54) is 0 Å². The molecule has 3 rings (SSSR count). The highest BCUT2D eigenvalue weighted by Gasteiger charge is 2.53. The molecule has 0 bridgehead atoms. The van der Waals surface area contributed by atoms with Crippen LogP contribution >= 0.6 is 0 Å². The van der Waals surface area contributed by atoms with Crippen molar-refractivity contribution in [2.75, 3.05) is 13.1 Å². The number of rotatable bonds is 2. The number of hydrogen-bond acceptors (Lipinski definition) is 3. The average molecular weight is 344 g/mol. The summed E-state index contributed by atoms with van der Waals surface area (Å²) < 4.78 is 5.57. The fraction of sp³-hybridized carbons (Fsp3) is 0.600. The topological polar surface area (TPSA) is 49.9 Å². The maximum atomic E-state index is 13.3. The Morgan fingerprint density at radius 3 is 2.40 bits per heavy atom. The van der Waals surface area contributed by atoms with Crippen LogP contribution in [0.5, 0.6) is 0 Å². The Bertz CT molecular complexity index is 638. The van der Waals surface area contributed by atoms with Crippen molar-refractivity contribution in [1.29, 1.82) is 0 Å². The lowest BCUT2D eigenvalue weighted by molar-refractivity contribution is -0.147. The Morgan fingerprint density at radius 2 is 1.76 bits per heavy atom. The van der Waals surface area contributed by atoms with E-state index in [4.69, 9.17) is 4.74 Å². The normalized spacial score (nSPS) is 24.0. The first kappa shape index (κ1) is 17.8. The number of hydrogen-bond donors (Lipinski definition) is 0. The van der Waals surface area contributed by atoms with Crippen molar-refractivity contribution < 1.29 is 14.3 Å². The summed E-state index contributed by atoms with van der Waals surface area (Å²) in [5, 5.41) is 0. The van der Waals surface area contributed by atoms with Gasteiger partial charge in [-0.2, -0.15) is 0 Å². The highest BCUT2D eigenvalue weighted by atomic mass is 16.6. The monoisotopic (exact) mass is 344 g/mol. The van der Waals surface area contributed by atoms with Crippen molar-refractivity contribution in [3.8, 4) is 0 Å². The molecule has 2 amide bonds. The Morgan fingerprint density at radius 1 is 1.12 bits per heavy atom. The first-order valence-electron chi connectivity index (χ1n) is 9.16. The van der Waals surface area contributed by atoms with Gasteiger partial charge in [0.15, 0.2) is 0 Å². The lowest BCUT2D eigenvalue weighted by atomic mass is 9.85. The first-order chi connectivity index (χ1) is 11.8. The molecule has 1 unspecified atom stereocenters. The van der Waals surface area contributed by atoms with E-state index in [1.54, 1.807) is 4.90 Å². The molecule has 2 aliphatic rings. The van der Waals surface area contributed by atoms with Gasteiger partial charge in [-0.1, -0.05) is 30.3 Å². The summed E-state index contributed by atoms with van der Waals surface area (Å²) >= 11 is 0. The summed E-state index contributed by atoms with van der Waals surface area (Å²) in [6.45, 7) is 7.52. The second-order valence-electron chi connectivity index (χ2n) is 8.08. The fourth-order valence-corrected chi connectivity index (χ4v) is 3.96. The van der Waals surface area contributed by atoms with Crippen molar-refractivity contribution >= 4 is 12.0 Å². The molecule has 25 heavy (non-hydrogen) atoms. The molecule has 1 aromatic rings. The largest absolute Gasteiger partial charge is 0.444 e. The fourth-order valence-electron chi connectivity index (χ4n) is 3.96. The molecule has 2 saturated heterocycles. The summed E-state index contributed by atoms with van der Waals surface area (Å²) in [5.41, 5.74) is -0.146. The van der Waals surface area contributed by atoms with Crippen LogP contribution in [0.1, 0.15) is 52.0 Å². The quantitative estimate of drug-likeness (QED) is 0.824. The van der Waals surface area contributed by atoms with Crippen LogP contribution in [0.4, 0.5) is 4.79 Å². The summed E-state index contributed by atoms with van der Waals surface area (Å²) in [5.74, 6) is 0.0750. The Hall–Kier alpha value is -2.04. The van der Waals surface area contributed by atoms with Crippen molar-refractivity contribution in [1.82, 2.24) is 9.80 Å². The SMILES string of the molecule is CC(C)(C)OC(=O)N1CCCC12CCCN(Cc1ccccc1)C2=O. The highest BCUT2D eigenvalue weighted by Crippen LogP contribution is 2.39. The van der Waals surface area contributed by atoms with Crippen LogP contribution in [0.2, 0.25) is 0 Å². The third-order valence-electron chi connectivity index (χ3n) is 5.02. The smallest absolute Gasteiger partial charge is 0.411 e. The average Bonchev–Trinajstić information content (AvgIpc) is 2.96. The highest BCUT2D eigenvalue weighted by molar-refractivity contribution is 5.91. The van der Waals surface area contributed by atoms with Crippen molar-refractivity contribution in [3.63, 3.8) is 0 Å². The molecule has 2 aliphatic heterocycles. The number of carbonyl (C=O) groups excluding carboxylic acids is 2. The lowest BCUT2D eigenvalue weighted by Crippen LogP contribution is -2.61. The van der Waals surface area contributed by atoms with Gasteiger partial charge in [0, 0.05) is 19.6 Å². The van der Waals surface area contributed by atoms with Gasteiger partial charge < -0.3 is 9.64 Å². The number of likely N-dealkylation sites (tertiary alicyclic amines) is 2. The zero-order valence-electron chi connectivity index (χ0n) is 15.5. The Labute approximate surface area is 149 Å². The van der Waals surface area contributed by atoms with Crippen LogP contribution in [-0.4, -0.2) is 46.0 Å². The minimum atomic E-state index is -0.713. The number of nitrogens with zero attached hydrogens (tertiary/aromatic N) is 2. The first-order valence-corrected chi connectivity index (χ1v) is 9.16. The number of carbonyl (C=O) groups is 2. The van der Waals surface area contributed by atoms with Crippen molar-refractivity contribution in [2.24, 2.45) is 0 Å². The van der Waals surface area contributed by atoms with Crippen LogP contribution in [0.3, 0.4) is 0 Å². The van der Waals surface area contributed by atoms with Gasteiger partial charge in [-0.25, -0.2) is 4.79 Å². The predicted octanol–water partition coefficient (Wildman–Crippen LogP) is 3.58.